The molecular formula is C15H16BrNO3. The van der Waals surface area contributed by atoms with E-state index in [2.05, 4.69) is 21.2 Å². The van der Waals surface area contributed by atoms with Crippen molar-refractivity contribution in [2.24, 2.45) is 0 Å². The van der Waals surface area contributed by atoms with Gasteiger partial charge in [0.25, 0.3) is 0 Å². The van der Waals surface area contributed by atoms with E-state index in [1.165, 1.54) is 0 Å². The molecule has 2 rings (SSSR count). The molecule has 0 aliphatic carbocycles. The Morgan fingerprint density at radius 2 is 2.25 bits per heavy atom. The second-order valence-corrected chi connectivity index (χ2v) is 5.50. The quantitative estimate of drug-likeness (QED) is 0.844. The van der Waals surface area contributed by atoms with Crippen LogP contribution in [0.3, 0.4) is 0 Å². The molecule has 0 aliphatic heterocycles. The van der Waals surface area contributed by atoms with Crippen LogP contribution in [0.5, 0.6) is 0 Å². The predicted molar refractivity (Wildman–Crippen MR) is 79.4 cm³/mol. The summed E-state index contributed by atoms with van der Waals surface area (Å²) in [5.41, 5.74) is 1.98. The zero-order valence-corrected chi connectivity index (χ0v) is 12.7. The van der Waals surface area contributed by atoms with Crippen LogP contribution < -0.4 is 5.32 Å². The first-order valence-electron chi connectivity index (χ1n) is 6.30. The van der Waals surface area contributed by atoms with Gasteiger partial charge in [-0.2, -0.15) is 0 Å². The number of carboxylic acids is 1. The van der Waals surface area contributed by atoms with E-state index in [4.69, 9.17) is 9.52 Å². The van der Waals surface area contributed by atoms with E-state index in [0.717, 1.165) is 21.4 Å². The van der Waals surface area contributed by atoms with Crippen LogP contribution in [0, 0.1) is 6.92 Å². The summed E-state index contributed by atoms with van der Waals surface area (Å²) < 4.78 is 6.18. The topological polar surface area (TPSA) is 62.5 Å². The molecule has 5 heteroatoms. The number of rotatable bonds is 6. The van der Waals surface area contributed by atoms with Gasteiger partial charge in [-0.3, -0.25) is 4.79 Å². The SMILES string of the molecule is Cc1occc1CNC(CC(=O)O)c1cccc(Br)c1. The predicted octanol–water partition coefficient (Wildman–Crippen LogP) is 3.66. The fourth-order valence-electron chi connectivity index (χ4n) is 2.03. The highest BCUT2D eigenvalue weighted by molar-refractivity contribution is 9.10. The summed E-state index contributed by atoms with van der Waals surface area (Å²) in [5.74, 6) is 0.0206. The van der Waals surface area contributed by atoms with Crippen LogP contribution in [-0.4, -0.2) is 11.1 Å². The number of aryl methyl sites for hydroxylation is 1. The molecular weight excluding hydrogens is 322 g/mol. The number of nitrogens with one attached hydrogen (secondary N) is 1. The van der Waals surface area contributed by atoms with Crippen molar-refractivity contribution < 1.29 is 14.3 Å². The van der Waals surface area contributed by atoms with Gasteiger partial charge in [0, 0.05) is 22.6 Å². The van der Waals surface area contributed by atoms with Gasteiger partial charge in [-0.1, -0.05) is 28.1 Å². The average molecular weight is 338 g/mol. The number of benzene rings is 1. The van der Waals surface area contributed by atoms with Gasteiger partial charge in [0.05, 0.1) is 12.7 Å². The van der Waals surface area contributed by atoms with Gasteiger partial charge >= 0.3 is 5.97 Å². The Labute approximate surface area is 125 Å². The van der Waals surface area contributed by atoms with E-state index in [-0.39, 0.29) is 12.5 Å². The van der Waals surface area contributed by atoms with Gasteiger partial charge in [0.1, 0.15) is 5.76 Å². The van der Waals surface area contributed by atoms with Crippen LogP contribution in [0.4, 0.5) is 0 Å². The summed E-state index contributed by atoms with van der Waals surface area (Å²) in [6.07, 6.45) is 1.67. The van der Waals surface area contributed by atoms with Crippen LogP contribution in [-0.2, 0) is 11.3 Å². The molecule has 2 aromatic rings. The van der Waals surface area contributed by atoms with E-state index in [0.29, 0.717) is 6.54 Å². The average Bonchev–Trinajstić information content (AvgIpc) is 2.80. The summed E-state index contributed by atoms with van der Waals surface area (Å²) in [6, 6.07) is 9.33. The molecule has 0 saturated heterocycles. The first-order valence-corrected chi connectivity index (χ1v) is 7.09. The van der Waals surface area contributed by atoms with Crippen molar-refractivity contribution in [2.45, 2.75) is 25.9 Å². The maximum atomic E-state index is 11.0. The number of furan rings is 1. The lowest BCUT2D eigenvalue weighted by molar-refractivity contribution is -0.137. The smallest absolute Gasteiger partial charge is 0.305 e. The Balaban J connectivity index is 2.11. The third-order valence-electron chi connectivity index (χ3n) is 3.13. The number of carbonyl (C=O) groups is 1. The second-order valence-electron chi connectivity index (χ2n) is 4.59. The molecule has 0 bridgehead atoms. The van der Waals surface area contributed by atoms with Crippen molar-refractivity contribution in [3.05, 3.63) is 58.0 Å². The van der Waals surface area contributed by atoms with Gasteiger partial charge in [-0.15, -0.1) is 0 Å². The lowest BCUT2D eigenvalue weighted by Gasteiger charge is -2.17. The highest BCUT2D eigenvalue weighted by Gasteiger charge is 2.16. The van der Waals surface area contributed by atoms with Crippen molar-refractivity contribution in [1.82, 2.24) is 5.32 Å². The monoisotopic (exact) mass is 337 g/mol. The molecule has 0 spiro atoms. The molecule has 1 heterocycles. The number of carboxylic acid groups (broad SMARTS) is 1. The van der Waals surface area contributed by atoms with Gasteiger partial charge in [-0.05, 0) is 30.7 Å². The molecule has 2 N–H and O–H groups in total. The number of hydrogen-bond donors (Lipinski definition) is 2. The molecule has 4 nitrogen and oxygen atoms in total. The van der Waals surface area contributed by atoms with Gasteiger partial charge in [0.15, 0.2) is 0 Å². The van der Waals surface area contributed by atoms with Crippen molar-refractivity contribution >= 4 is 21.9 Å². The minimum atomic E-state index is -0.827. The summed E-state index contributed by atoms with van der Waals surface area (Å²) in [6.45, 7) is 2.47. The Bertz CT molecular complexity index is 594. The maximum Gasteiger partial charge on any atom is 0.305 e. The fourth-order valence-corrected chi connectivity index (χ4v) is 2.45. The zero-order valence-electron chi connectivity index (χ0n) is 11.1. The Morgan fingerprint density at radius 3 is 2.85 bits per heavy atom. The second kappa shape index (κ2) is 6.72. The molecule has 0 saturated carbocycles. The summed E-state index contributed by atoms with van der Waals surface area (Å²) in [7, 11) is 0. The van der Waals surface area contributed by atoms with Crippen LogP contribution in [0.1, 0.15) is 29.3 Å². The van der Waals surface area contributed by atoms with Crippen molar-refractivity contribution in [3.63, 3.8) is 0 Å². The molecule has 1 unspecified atom stereocenters. The first kappa shape index (κ1) is 14.8. The van der Waals surface area contributed by atoms with E-state index in [9.17, 15) is 4.79 Å². The van der Waals surface area contributed by atoms with Crippen molar-refractivity contribution in [1.29, 1.82) is 0 Å². The Hall–Kier alpha value is -1.59. The summed E-state index contributed by atoms with van der Waals surface area (Å²) in [5, 5.41) is 12.3. The highest BCUT2D eigenvalue weighted by Crippen LogP contribution is 2.22. The normalized spacial score (nSPS) is 12.3. The van der Waals surface area contributed by atoms with Crippen LogP contribution in [0.2, 0.25) is 0 Å². The summed E-state index contributed by atoms with van der Waals surface area (Å²) >= 11 is 3.41. The molecule has 1 aromatic carbocycles. The third kappa shape index (κ3) is 3.95. The molecule has 0 radical (unpaired) electrons. The minimum Gasteiger partial charge on any atom is -0.481 e. The van der Waals surface area contributed by atoms with E-state index < -0.39 is 5.97 Å². The Morgan fingerprint density at radius 1 is 1.45 bits per heavy atom. The largest absolute Gasteiger partial charge is 0.481 e. The fraction of sp³-hybridized carbons (Fsp3) is 0.267. The lowest BCUT2D eigenvalue weighted by Crippen LogP contribution is -2.23. The molecule has 1 aromatic heterocycles. The molecule has 20 heavy (non-hydrogen) atoms. The standard InChI is InChI=1S/C15H16BrNO3/c1-10-12(5-6-20-10)9-17-14(8-15(18)19)11-3-2-4-13(16)7-11/h2-7,14,17H,8-9H2,1H3,(H,18,19). The van der Waals surface area contributed by atoms with Crippen LogP contribution >= 0.6 is 15.9 Å². The Kier molecular flexibility index (Phi) is 4.98. The number of hydrogen-bond acceptors (Lipinski definition) is 3. The van der Waals surface area contributed by atoms with E-state index in [1.807, 2.05) is 37.3 Å². The lowest BCUT2D eigenvalue weighted by atomic mass is 10.0. The molecule has 1 atom stereocenters. The van der Waals surface area contributed by atoms with Crippen molar-refractivity contribution in [3.8, 4) is 0 Å². The zero-order chi connectivity index (χ0) is 14.5. The van der Waals surface area contributed by atoms with Crippen LogP contribution in [0.15, 0.2) is 45.5 Å². The number of aliphatic carboxylic acids is 1. The summed E-state index contributed by atoms with van der Waals surface area (Å²) in [4.78, 5) is 11.0. The maximum absolute atomic E-state index is 11.0. The first-order chi connectivity index (χ1) is 9.56. The molecule has 106 valence electrons. The van der Waals surface area contributed by atoms with Gasteiger partial charge in [-0.25, -0.2) is 0 Å². The highest BCUT2D eigenvalue weighted by atomic mass is 79.9. The van der Waals surface area contributed by atoms with Crippen molar-refractivity contribution in [2.75, 3.05) is 0 Å². The van der Waals surface area contributed by atoms with Crippen LogP contribution in [0.25, 0.3) is 0 Å². The number of halogens is 1. The molecule has 0 aliphatic rings. The minimum absolute atomic E-state index is 0.0351. The van der Waals surface area contributed by atoms with E-state index in [1.54, 1.807) is 6.26 Å². The molecule has 0 amide bonds. The third-order valence-corrected chi connectivity index (χ3v) is 3.63. The van der Waals surface area contributed by atoms with Gasteiger partial charge in [0.2, 0.25) is 0 Å². The van der Waals surface area contributed by atoms with Gasteiger partial charge < -0.3 is 14.8 Å². The molecule has 0 fully saturated rings. The van der Waals surface area contributed by atoms with E-state index >= 15 is 0 Å².